The Hall–Kier alpha value is -1.71. The molecule has 0 aliphatic heterocycles. The van der Waals surface area contributed by atoms with Gasteiger partial charge < -0.3 is 25.4 Å². The summed E-state index contributed by atoms with van der Waals surface area (Å²) in [6, 6.07) is 5.60. The summed E-state index contributed by atoms with van der Waals surface area (Å²) in [5.74, 6) is 2.30. The first-order chi connectivity index (χ1) is 12.5. The summed E-state index contributed by atoms with van der Waals surface area (Å²) in [4.78, 5) is 16.1. The molecule has 0 unspecified atom stereocenters. The highest BCUT2D eigenvalue weighted by Gasteiger charge is 2.08. The van der Waals surface area contributed by atoms with Crippen molar-refractivity contribution in [2.45, 2.75) is 34.2 Å². The SMILES string of the molecule is CCNC(=O)COc1ccc(CN=C(NCC)NCC(C)C)cc1OC.I. The van der Waals surface area contributed by atoms with E-state index in [1.165, 1.54) is 0 Å². The number of likely N-dealkylation sites (N-methyl/N-ethyl adjacent to an activating group) is 1. The summed E-state index contributed by atoms with van der Waals surface area (Å²) in [6.07, 6.45) is 0. The first-order valence-electron chi connectivity index (χ1n) is 9.08. The molecule has 0 radical (unpaired) electrons. The highest BCUT2D eigenvalue weighted by atomic mass is 127. The van der Waals surface area contributed by atoms with Crippen LogP contribution in [-0.2, 0) is 11.3 Å². The van der Waals surface area contributed by atoms with E-state index in [2.05, 4.69) is 34.8 Å². The average Bonchev–Trinajstić information content (AvgIpc) is 2.62. The van der Waals surface area contributed by atoms with Crippen molar-refractivity contribution in [1.29, 1.82) is 0 Å². The van der Waals surface area contributed by atoms with Crippen LogP contribution in [0, 0.1) is 5.92 Å². The first kappa shape index (κ1) is 25.3. The summed E-state index contributed by atoms with van der Waals surface area (Å²) < 4.78 is 10.9. The smallest absolute Gasteiger partial charge is 0.257 e. The Bertz CT molecular complexity index is 594. The molecule has 0 saturated carbocycles. The maximum absolute atomic E-state index is 11.5. The number of halogens is 1. The Morgan fingerprint density at radius 3 is 2.41 bits per heavy atom. The number of nitrogens with one attached hydrogen (secondary N) is 3. The molecule has 0 heterocycles. The van der Waals surface area contributed by atoms with Crippen molar-refractivity contribution in [1.82, 2.24) is 16.0 Å². The molecule has 1 amide bonds. The highest BCUT2D eigenvalue weighted by molar-refractivity contribution is 14.0. The van der Waals surface area contributed by atoms with Crippen LogP contribution in [0.1, 0.15) is 33.3 Å². The van der Waals surface area contributed by atoms with Gasteiger partial charge in [0.1, 0.15) is 0 Å². The van der Waals surface area contributed by atoms with E-state index in [9.17, 15) is 4.79 Å². The molecular formula is C19H33IN4O3. The van der Waals surface area contributed by atoms with Gasteiger partial charge in [-0.3, -0.25) is 4.79 Å². The fraction of sp³-hybridized carbons (Fsp3) is 0.579. The maximum Gasteiger partial charge on any atom is 0.257 e. The van der Waals surface area contributed by atoms with E-state index in [4.69, 9.17) is 9.47 Å². The minimum Gasteiger partial charge on any atom is -0.493 e. The maximum atomic E-state index is 11.5. The van der Waals surface area contributed by atoms with Gasteiger partial charge in [0.05, 0.1) is 13.7 Å². The third-order valence-corrected chi connectivity index (χ3v) is 3.40. The van der Waals surface area contributed by atoms with E-state index in [0.29, 0.717) is 30.5 Å². The second-order valence-electron chi connectivity index (χ2n) is 6.20. The van der Waals surface area contributed by atoms with E-state index < -0.39 is 0 Å². The molecule has 0 aromatic heterocycles. The van der Waals surface area contributed by atoms with Crippen LogP contribution < -0.4 is 25.4 Å². The predicted molar refractivity (Wildman–Crippen MR) is 120 cm³/mol. The van der Waals surface area contributed by atoms with E-state index in [1.807, 2.05) is 26.0 Å². The highest BCUT2D eigenvalue weighted by Crippen LogP contribution is 2.28. The largest absolute Gasteiger partial charge is 0.493 e. The number of hydrogen-bond donors (Lipinski definition) is 3. The third kappa shape index (κ3) is 10.3. The van der Waals surface area contributed by atoms with E-state index in [0.717, 1.165) is 24.6 Å². The summed E-state index contributed by atoms with van der Waals surface area (Å²) in [6.45, 7) is 10.9. The fourth-order valence-corrected chi connectivity index (χ4v) is 2.13. The lowest BCUT2D eigenvalue weighted by molar-refractivity contribution is -0.123. The van der Waals surface area contributed by atoms with Crippen molar-refractivity contribution in [3.05, 3.63) is 23.8 Å². The van der Waals surface area contributed by atoms with Gasteiger partial charge in [-0.2, -0.15) is 0 Å². The van der Waals surface area contributed by atoms with Crippen molar-refractivity contribution in [2.24, 2.45) is 10.9 Å². The molecule has 1 rings (SSSR count). The Morgan fingerprint density at radius 2 is 1.81 bits per heavy atom. The minimum atomic E-state index is -0.158. The number of carbonyl (C=O) groups excluding carboxylic acids is 1. The lowest BCUT2D eigenvalue weighted by atomic mass is 10.2. The van der Waals surface area contributed by atoms with Crippen LogP contribution in [0.3, 0.4) is 0 Å². The normalized spacial score (nSPS) is 10.8. The number of amides is 1. The van der Waals surface area contributed by atoms with Crippen LogP contribution in [0.2, 0.25) is 0 Å². The number of aliphatic imine (C=N–C) groups is 1. The molecule has 154 valence electrons. The Morgan fingerprint density at radius 1 is 1.11 bits per heavy atom. The van der Waals surface area contributed by atoms with Crippen LogP contribution >= 0.6 is 24.0 Å². The average molecular weight is 492 g/mol. The minimum absolute atomic E-state index is 0. The van der Waals surface area contributed by atoms with Gasteiger partial charge in [-0.1, -0.05) is 19.9 Å². The Balaban J connectivity index is 0.00000676. The van der Waals surface area contributed by atoms with Crippen LogP contribution in [-0.4, -0.2) is 45.2 Å². The lowest BCUT2D eigenvalue weighted by Gasteiger charge is -2.14. The van der Waals surface area contributed by atoms with Gasteiger partial charge in [-0.25, -0.2) is 4.99 Å². The number of nitrogens with zero attached hydrogens (tertiary/aromatic N) is 1. The molecular weight excluding hydrogens is 459 g/mol. The van der Waals surface area contributed by atoms with Gasteiger partial charge >= 0.3 is 0 Å². The van der Waals surface area contributed by atoms with Gasteiger partial charge in [0.15, 0.2) is 24.1 Å². The van der Waals surface area contributed by atoms with E-state index >= 15 is 0 Å². The van der Waals surface area contributed by atoms with Crippen LogP contribution in [0.15, 0.2) is 23.2 Å². The summed E-state index contributed by atoms with van der Waals surface area (Å²) in [5, 5.41) is 9.24. The molecule has 0 saturated heterocycles. The molecule has 3 N–H and O–H groups in total. The number of benzene rings is 1. The van der Waals surface area contributed by atoms with Crippen molar-refractivity contribution >= 4 is 35.8 Å². The van der Waals surface area contributed by atoms with Gasteiger partial charge in [0.25, 0.3) is 5.91 Å². The van der Waals surface area contributed by atoms with Crippen molar-refractivity contribution in [2.75, 3.05) is 33.4 Å². The molecule has 8 heteroatoms. The number of carbonyl (C=O) groups is 1. The zero-order chi connectivity index (χ0) is 19.4. The second-order valence-corrected chi connectivity index (χ2v) is 6.20. The molecule has 0 aliphatic carbocycles. The lowest BCUT2D eigenvalue weighted by Crippen LogP contribution is -2.39. The standard InChI is InChI=1S/C19H32N4O3.HI/c1-6-20-18(24)13-26-16-9-8-15(10-17(16)25-5)12-23-19(21-7-2)22-11-14(3)4;/h8-10,14H,6-7,11-13H2,1-5H3,(H,20,24)(H2,21,22,23);1H. The predicted octanol–water partition coefficient (Wildman–Crippen LogP) is 2.54. The topological polar surface area (TPSA) is 84.0 Å². The molecule has 0 aliphatic rings. The van der Waals surface area contributed by atoms with Crippen molar-refractivity contribution in [3.63, 3.8) is 0 Å². The van der Waals surface area contributed by atoms with Crippen molar-refractivity contribution < 1.29 is 14.3 Å². The van der Waals surface area contributed by atoms with Crippen molar-refractivity contribution in [3.8, 4) is 11.5 Å². The van der Waals surface area contributed by atoms with Gasteiger partial charge in [-0.15, -0.1) is 24.0 Å². The molecule has 27 heavy (non-hydrogen) atoms. The number of rotatable bonds is 10. The zero-order valence-electron chi connectivity index (χ0n) is 16.9. The second kappa shape index (κ2) is 14.4. The Kier molecular flexibility index (Phi) is 13.5. The van der Waals surface area contributed by atoms with Gasteiger partial charge in [-0.05, 0) is 37.5 Å². The van der Waals surface area contributed by atoms with Crippen LogP contribution in [0.5, 0.6) is 11.5 Å². The molecule has 1 aromatic carbocycles. The van der Waals surface area contributed by atoms with Gasteiger partial charge in [0, 0.05) is 19.6 Å². The number of methoxy groups -OCH3 is 1. The van der Waals surface area contributed by atoms with E-state index in [-0.39, 0.29) is 36.5 Å². The van der Waals surface area contributed by atoms with Crippen LogP contribution in [0.25, 0.3) is 0 Å². The molecule has 0 bridgehead atoms. The quantitative estimate of drug-likeness (QED) is 0.266. The molecule has 0 atom stereocenters. The fourth-order valence-electron chi connectivity index (χ4n) is 2.13. The molecule has 0 fully saturated rings. The monoisotopic (exact) mass is 492 g/mol. The van der Waals surface area contributed by atoms with E-state index in [1.54, 1.807) is 13.2 Å². The summed E-state index contributed by atoms with van der Waals surface area (Å²) in [5.41, 5.74) is 0.994. The van der Waals surface area contributed by atoms with Gasteiger partial charge in [0.2, 0.25) is 0 Å². The zero-order valence-corrected chi connectivity index (χ0v) is 19.3. The number of guanidine groups is 1. The molecule has 7 nitrogen and oxygen atoms in total. The molecule has 0 spiro atoms. The molecule has 1 aromatic rings. The van der Waals surface area contributed by atoms with Crippen LogP contribution in [0.4, 0.5) is 0 Å². The summed E-state index contributed by atoms with van der Waals surface area (Å²) in [7, 11) is 1.58. The summed E-state index contributed by atoms with van der Waals surface area (Å²) >= 11 is 0. The first-order valence-corrected chi connectivity index (χ1v) is 9.08. The Labute approximate surface area is 179 Å². The third-order valence-electron chi connectivity index (χ3n) is 3.40. The number of ether oxygens (including phenoxy) is 2. The number of hydrogen-bond acceptors (Lipinski definition) is 4.